The van der Waals surface area contributed by atoms with E-state index in [1.165, 1.54) is 78.3 Å². The zero-order valence-corrected chi connectivity index (χ0v) is 36.5. The monoisotopic (exact) mass is 877 g/mol. The minimum absolute atomic E-state index is 0.693. The molecule has 3 aromatic rings. The maximum absolute atomic E-state index is 12.2. The molecule has 294 valence electrons. The first kappa shape index (κ1) is 44.5. The van der Waals surface area contributed by atoms with Crippen molar-refractivity contribution in [1.82, 2.24) is 7.90 Å². The number of nitrogens with zero attached hydrogens (tertiary/aromatic N) is 1. The molecule has 53 heavy (non-hydrogen) atoms. The first-order valence-electron chi connectivity index (χ1n) is 20.2. The van der Waals surface area contributed by atoms with Crippen LogP contribution in [0.4, 0.5) is 5.69 Å². The number of carbonyl (C=O) groups excluding carboxylic acids is 2. The Morgan fingerprint density at radius 3 is 1.83 bits per heavy atom. The van der Waals surface area contributed by atoms with Gasteiger partial charge in [0.2, 0.25) is 0 Å². The molecule has 0 heterocycles. The van der Waals surface area contributed by atoms with Crippen LogP contribution in [0.15, 0.2) is 71.2 Å². The average Bonchev–Trinajstić information content (AvgIpc) is 3.16. The van der Waals surface area contributed by atoms with Crippen LogP contribution in [0.3, 0.4) is 0 Å². The van der Waals surface area contributed by atoms with E-state index in [1.54, 1.807) is 0 Å². The molecule has 0 radical (unpaired) electrons. The fourth-order valence-electron chi connectivity index (χ4n) is 7.04. The van der Waals surface area contributed by atoms with E-state index in [0.717, 1.165) is 84.4 Å². The summed E-state index contributed by atoms with van der Waals surface area (Å²) in [5.41, 5.74) is 12.0. The van der Waals surface area contributed by atoms with Crippen LogP contribution in [0, 0.1) is 0 Å². The number of aliphatic imine (C=N–C) groups is 1. The summed E-state index contributed by atoms with van der Waals surface area (Å²) in [6, 6.07) is 22.1. The van der Waals surface area contributed by atoms with Crippen molar-refractivity contribution in [3.63, 3.8) is 0 Å². The van der Waals surface area contributed by atoms with E-state index in [1.807, 2.05) is 0 Å². The van der Waals surface area contributed by atoms with Gasteiger partial charge in [0.15, 0.2) is 0 Å². The third-order valence-electron chi connectivity index (χ3n) is 9.91. The molecule has 0 saturated heterocycles. The van der Waals surface area contributed by atoms with E-state index in [2.05, 4.69) is 124 Å². The van der Waals surface area contributed by atoms with Gasteiger partial charge in [-0.15, -0.1) is 0 Å². The summed E-state index contributed by atoms with van der Waals surface area (Å²) in [7, 11) is 0. The molecule has 3 aromatic carbocycles. The number of carbonyl (C=O) groups is 2. The average molecular weight is 879 g/mol. The van der Waals surface area contributed by atoms with Crippen molar-refractivity contribution in [1.29, 1.82) is 0 Å². The van der Waals surface area contributed by atoms with Crippen LogP contribution in [0.2, 0.25) is 0 Å². The Labute approximate surface area is 332 Å². The first-order valence-corrected chi connectivity index (χ1v) is 26.1. The van der Waals surface area contributed by atoms with Gasteiger partial charge in [0, 0.05) is 0 Å². The van der Waals surface area contributed by atoms with E-state index < -0.39 is 14.0 Å². The molecule has 0 fully saturated rings. The minimum atomic E-state index is -3.39. The second-order valence-electron chi connectivity index (χ2n) is 14.0. The van der Waals surface area contributed by atoms with Crippen molar-refractivity contribution in [2.75, 3.05) is 0 Å². The van der Waals surface area contributed by atoms with E-state index in [9.17, 15) is 9.59 Å². The molecule has 0 unspecified atom stereocenters. The standard InChI is InChI=1S/C44H62N.2CH3NO.BrH.Pd/c1-7-12-16-19-24-37-30-29-36(32-39(37)27-20-17-13-8-2)31-35(6)44(11-5)45-41-33-40(23-14-9-3)42(28-15-10-4)43(34-41)38-25-21-18-22-26-38;2*2-1-3;;/h18,21-22,25-26,29-30,32-34H,7-17,19-20,23-24,27-28H2,1-6H3;2*1H,(H2,2,3);1H;/q;;;;+3/p-3. The molecule has 0 spiro atoms. The predicted molar refractivity (Wildman–Crippen MR) is 229 cm³/mol. The Morgan fingerprint density at radius 2 is 1.25 bits per heavy atom. The van der Waals surface area contributed by atoms with Crippen molar-refractivity contribution in [3.8, 4) is 11.1 Å². The van der Waals surface area contributed by atoms with Gasteiger partial charge in [-0.05, 0) is 0 Å². The molecule has 2 N–H and O–H groups in total. The Balaban J connectivity index is 2.30. The zero-order chi connectivity index (χ0) is 38.5. The number of hydrogen-bond donors (Lipinski definition) is 2. The molecule has 5 nitrogen and oxygen atoms in total. The van der Waals surface area contributed by atoms with Gasteiger partial charge in [-0.2, -0.15) is 0 Å². The predicted octanol–water partition coefficient (Wildman–Crippen LogP) is 13.0. The van der Waals surface area contributed by atoms with Crippen LogP contribution in [0.5, 0.6) is 0 Å². The molecule has 0 saturated carbocycles. The third kappa shape index (κ3) is 13.4. The summed E-state index contributed by atoms with van der Waals surface area (Å²) < 4.78 is 7.02. The van der Waals surface area contributed by atoms with Gasteiger partial charge in [-0.1, -0.05) is 0 Å². The van der Waals surface area contributed by atoms with Crippen molar-refractivity contribution in [2.24, 2.45) is 4.99 Å². The topological polar surface area (TPSA) is 70.6 Å². The maximum atomic E-state index is 12.2. The van der Waals surface area contributed by atoms with E-state index in [4.69, 9.17) is 4.99 Å². The molecule has 0 atom stereocenters. The van der Waals surface area contributed by atoms with Crippen LogP contribution in [-0.4, -0.2) is 18.5 Å². The molecule has 0 aliphatic rings. The Kier molecular flexibility index (Phi) is 20.6. The van der Waals surface area contributed by atoms with Crippen LogP contribution < -0.4 is 7.90 Å². The Morgan fingerprint density at radius 1 is 0.660 bits per heavy atom. The summed E-state index contributed by atoms with van der Waals surface area (Å²) >= 11 is 0.543. The van der Waals surface area contributed by atoms with Crippen molar-refractivity contribution < 1.29 is 23.6 Å². The normalized spacial score (nSPS) is 12.7. The second kappa shape index (κ2) is 24.5. The summed E-state index contributed by atoms with van der Waals surface area (Å²) in [4.78, 5) is 29.8. The first-order chi connectivity index (χ1) is 25.8. The SMILES string of the molecule is CCCCCCc1ccc([C](=C(C)C(CC)=Nc2cc(CCCC)c(CCCC)c(-c3ccccc3)c2)[Pd]([Br])([NH]C=O)[NH]C=O)cc1CCCCCC. The number of benzene rings is 3. The van der Waals surface area contributed by atoms with Crippen molar-refractivity contribution in [2.45, 2.75) is 151 Å². The van der Waals surface area contributed by atoms with Gasteiger partial charge in [0.1, 0.15) is 0 Å². The van der Waals surface area contributed by atoms with Gasteiger partial charge in [-0.3, -0.25) is 0 Å². The number of halogens is 1. The quantitative estimate of drug-likeness (QED) is 0.0365. The summed E-state index contributed by atoms with van der Waals surface area (Å²) in [6.45, 7) is 13.3. The van der Waals surface area contributed by atoms with Gasteiger partial charge in [0.25, 0.3) is 0 Å². The van der Waals surface area contributed by atoms with Gasteiger partial charge < -0.3 is 0 Å². The third-order valence-corrected chi connectivity index (χ3v) is 16.8. The summed E-state index contributed by atoms with van der Waals surface area (Å²) in [5.74, 6) is 0. The van der Waals surface area contributed by atoms with E-state index in [0.29, 0.717) is 19.2 Å². The number of allylic oxidation sites excluding steroid dienone is 1. The van der Waals surface area contributed by atoms with Crippen LogP contribution in [0.25, 0.3) is 15.2 Å². The number of rotatable bonds is 26. The number of aryl methyl sites for hydroxylation is 3. The molecule has 7 heteroatoms. The molecular formula is C46H66BrN3O2Pd. The summed E-state index contributed by atoms with van der Waals surface area (Å²) in [5, 5.41) is 0. The molecule has 0 bridgehead atoms. The molecule has 3 rings (SSSR count). The van der Waals surface area contributed by atoms with Gasteiger partial charge >= 0.3 is 334 Å². The molecule has 2 amide bonds. The second-order valence-corrected chi connectivity index (χ2v) is 22.1. The fourth-order valence-corrected chi connectivity index (χ4v) is 12.7. The molecule has 0 aromatic heterocycles. The molecule has 0 aliphatic carbocycles. The Bertz CT molecular complexity index is 1630. The summed E-state index contributed by atoms with van der Waals surface area (Å²) in [6.07, 6.45) is 20.5. The van der Waals surface area contributed by atoms with E-state index in [-0.39, 0.29) is 0 Å². The van der Waals surface area contributed by atoms with Gasteiger partial charge in [0.05, 0.1) is 0 Å². The number of amides is 2. The van der Waals surface area contributed by atoms with Crippen LogP contribution >= 0.6 is 13.4 Å². The van der Waals surface area contributed by atoms with Crippen LogP contribution in [-0.2, 0) is 49.3 Å². The number of nitrogens with one attached hydrogen (secondary N) is 2. The molecular weight excluding hydrogens is 813 g/mol. The van der Waals surface area contributed by atoms with Crippen molar-refractivity contribution in [3.05, 3.63) is 94.1 Å². The van der Waals surface area contributed by atoms with Crippen LogP contribution in [0.1, 0.15) is 153 Å². The fraction of sp³-hybridized carbons (Fsp3) is 0.500. The number of unbranched alkanes of at least 4 members (excludes halogenated alkanes) is 8. The van der Waals surface area contributed by atoms with E-state index >= 15 is 0 Å². The van der Waals surface area contributed by atoms with Crippen molar-refractivity contribution >= 4 is 41.7 Å². The Hall–Kier alpha value is -2.85. The van der Waals surface area contributed by atoms with Gasteiger partial charge in [-0.25, -0.2) is 0 Å². The number of hydrogen-bond acceptors (Lipinski definition) is 3. The molecule has 0 aliphatic heterocycles. The zero-order valence-electron chi connectivity index (χ0n) is 33.4.